The Morgan fingerprint density at radius 2 is 1.92 bits per heavy atom. The summed E-state index contributed by atoms with van der Waals surface area (Å²) >= 11 is 5.68. The number of hydrogen-bond donors (Lipinski definition) is 1. The first-order chi connectivity index (χ1) is 12.1. The van der Waals surface area contributed by atoms with Gasteiger partial charge in [-0.1, -0.05) is 23.7 Å². The molecule has 0 saturated heterocycles. The van der Waals surface area contributed by atoms with E-state index in [2.05, 4.69) is 9.46 Å². The highest BCUT2D eigenvalue weighted by Crippen LogP contribution is 2.29. The van der Waals surface area contributed by atoms with Crippen molar-refractivity contribution in [3.63, 3.8) is 0 Å². The standard InChI is InChI=1S/C15H13ClF2N2O5S/c1-9(10-3-2-4-12(7-10)25-15(17)18)19-26(23,24)14-6-5-11(16)8-13(14)20(21)22/h2-9,15,19H,1H3. The number of ether oxygens (including phenoxy) is 1. The smallest absolute Gasteiger partial charge is 0.387 e. The van der Waals surface area contributed by atoms with Crippen molar-refractivity contribution >= 4 is 27.3 Å². The third-order valence-corrected chi connectivity index (χ3v) is 5.15. The maximum Gasteiger partial charge on any atom is 0.387 e. The maximum atomic E-state index is 12.5. The summed E-state index contributed by atoms with van der Waals surface area (Å²) in [5, 5.41) is 11.1. The topological polar surface area (TPSA) is 98.5 Å². The summed E-state index contributed by atoms with van der Waals surface area (Å²) in [6.07, 6.45) is 0. The Bertz CT molecular complexity index is 924. The number of benzene rings is 2. The molecule has 0 spiro atoms. The van der Waals surface area contributed by atoms with Gasteiger partial charge in [0.15, 0.2) is 4.90 Å². The van der Waals surface area contributed by atoms with E-state index in [0.29, 0.717) is 5.56 Å². The number of rotatable bonds is 7. The summed E-state index contributed by atoms with van der Waals surface area (Å²) in [5.41, 5.74) is -0.338. The average molecular weight is 407 g/mol. The van der Waals surface area contributed by atoms with Gasteiger partial charge in [-0.15, -0.1) is 0 Å². The molecule has 0 fully saturated rings. The molecule has 0 saturated carbocycles. The van der Waals surface area contributed by atoms with Gasteiger partial charge in [-0.2, -0.15) is 8.78 Å². The summed E-state index contributed by atoms with van der Waals surface area (Å²) in [6.45, 7) is -1.56. The molecule has 0 radical (unpaired) electrons. The molecule has 11 heteroatoms. The van der Waals surface area contributed by atoms with Crippen LogP contribution in [-0.4, -0.2) is 20.0 Å². The van der Waals surface area contributed by atoms with E-state index in [1.165, 1.54) is 37.3 Å². The third-order valence-electron chi connectivity index (χ3n) is 3.32. The Kier molecular flexibility index (Phi) is 6.11. The molecule has 1 atom stereocenters. The Labute approximate surface area is 152 Å². The second-order valence-electron chi connectivity index (χ2n) is 5.16. The molecule has 7 nitrogen and oxygen atoms in total. The molecular weight excluding hydrogens is 394 g/mol. The van der Waals surface area contributed by atoms with Gasteiger partial charge in [0.1, 0.15) is 5.75 Å². The van der Waals surface area contributed by atoms with Gasteiger partial charge in [-0.3, -0.25) is 10.1 Å². The molecule has 0 bridgehead atoms. The van der Waals surface area contributed by atoms with Gasteiger partial charge in [-0.25, -0.2) is 13.1 Å². The number of nitro benzene ring substituents is 1. The van der Waals surface area contributed by atoms with Crippen molar-refractivity contribution < 1.29 is 26.9 Å². The predicted octanol–water partition coefficient (Wildman–Crippen LogP) is 3.89. The second kappa shape index (κ2) is 7.94. The fraction of sp³-hybridized carbons (Fsp3) is 0.200. The van der Waals surface area contributed by atoms with Crippen molar-refractivity contribution in [2.45, 2.75) is 24.5 Å². The average Bonchev–Trinajstić information content (AvgIpc) is 2.53. The van der Waals surface area contributed by atoms with Gasteiger partial charge in [0.05, 0.1) is 4.92 Å². The van der Waals surface area contributed by atoms with E-state index in [-0.39, 0.29) is 10.8 Å². The number of hydrogen-bond acceptors (Lipinski definition) is 5. The minimum Gasteiger partial charge on any atom is -0.435 e. The lowest BCUT2D eigenvalue weighted by molar-refractivity contribution is -0.387. The van der Waals surface area contributed by atoms with Crippen LogP contribution in [0.3, 0.4) is 0 Å². The molecule has 2 rings (SSSR count). The summed E-state index contributed by atoms with van der Waals surface area (Å²) < 4.78 is 56.1. The highest BCUT2D eigenvalue weighted by molar-refractivity contribution is 7.89. The molecule has 26 heavy (non-hydrogen) atoms. The lowest BCUT2D eigenvalue weighted by Gasteiger charge is -2.16. The first-order valence-corrected chi connectivity index (χ1v) is 8.97. The minimum atomic E-state index is -4.28. The first kappa shape index (κ1) is 20.0. The zero-order valence-electron chi connectivity index (χ0n) is 13.2. The summed E-state index contributed by atoms with van der Waals surface area (Å²) in [5.74, 6) is -0.138. The molecule has 1 N–H and O–H groups in total. The van der Waals surface area contributed by atoms with Crippen molar-refractivity contribution in [1.82, 2.24) is 4.72 Å². The lowest BCUT2D eigenvalue weighted by Crippen LogP contribution is -2.27. The number of sulfonamides is 1. The van der Waals surface area contributed by atoms with E-state index in [1.807, 2.05) is 0 Å². The molecule has 2 aromatic rings. The van der Waals surface area contributed by atoms with Crippen molar-refractivity contribution in [1.29, 1.82) is 0 Å². The Morgan fingerprint density at radius 1 is 1.23 bits per heavy atom. The Balaban J connectivity index is 2.31. The summed E-state index contributed by atoms with van der Waals surface area (Å²) in [4.78, 5) is 9.68. The maximum absolute atomic E-state index is 12.5. The lowest BCUT2D eigenvalue weighted by atomic mass is 10.1. The van der Waals surface area contributed by atoms with Crippen molar-refractivity contribution in [2.24, 2.45) is 0 Å². The van der Waals surface area contributed by atoms with E-state index in [9.17, 15) is 27.3 Å². The first-order valence-electron chi connectivity index (χ1n) is 7.11. The minimum absolute atomic E-state index is 0.0144. The molecular formula is C15H13ClF2N2O5S. The van der Waals surface area contributed by atoms with Crippen molar-refractivity contribution in [3.05, 3.63) is 63.2 Å². The second-order valence-corrected chi connectivity index (χ2v) is 7.28. The van der Waals surface area contributed by atoms with E-state index in [0.717, 1.165) is 12.1 Å². The van der Waals surface area contributed by atoms with Gasteiger partial charge in [0.2, 0.25) is 10.0 Å². The third kappa shape index (κ3) is 4.87. The van der Waals surface area contributed by atoms with E-state index in [4.69, 9.17) is 11.6 Å². The highest BCUT2D eigenvalue weighted by Gasteiger charge is 2.27. The highest BCUT2D eigenvalue weighted by atomic mass is 35.5. The molecule has 0 aliphatic carbocycles. The number of halogens is 3. The fourth-order valence-corrected chi connectivity index (χ4v) is 3.74. The normalized spacial score (nSPS) is 12.8. The predicted molar refractivity (Wildman–Crippen MR) is 89.9 cm³/mol. The zero-order valence-corrected chi connectivity index (χ0v) is 14.8. The quantitative estimate of drug-likeness (QED) is 0.555. The fourth-order valence-electron chi connectivity index (χ4n) is 2.18. The van der Waals surface area contributed by atoms with Crippen LogP contribution in [0.25, 0.3) is 0 Å². The van der Waals surface area contributed by atoms with E-state index in [1.54, 1.807) is 0 Å². The summed E-state index contributed by atoms with van der Waals surface area (Å²) in [7, 11) is -4.28. The van der Waals surface area contributed by atoms with Gasteiger partial charge in [0, 0.05) is 17.1 Å². The number of nitrogens with one attached hydrogen (secondary N) is 1. The molecule has 0 aliphatic heterocycles. The molecule has 0 aromatic heterocycles. The number of nitro groups is 1. The number of nitrogens with zero attached hydrogens (tertiary/aromatic N) is 1. The van der Waals surface area contributed by atoms with Crippen molar-refractivity contribution in [3.8, 4) is 5.75 Å². The summed E-state index contributed by atoms with van der Waals surface area (Å²) in [6, 6.07) is 7.76. The molecule has 2 aromatic carbocycles. The van der Waals surface area contributed by atoms with Crippen LogP contribution in [0.15, 0.2) is 47.4 Å². The van der Waals surface area contributed by atoms with E-state index >= 15 is 0 Å². The Morgan fingerprint density at radius 3 is 2.54 bits per heavy atom. The van der Waals surface area contributed by atoms with Crippen LogP contribution in [0.1, 0.15) is 18.5 Å². The van der Waals surface area contributed by atoms with Gasteiger partial charge in [0.25, 0.3) is 5.69 Å². The van der Waals surface area contributed by atoms with Crippen LogP contribution >= 0.6 is 11.6 Å². The molecule has 0 heterocycles. The largest absolute Gasteiger partial charge is 0.435 e. The van der Waals surface area contributed by atoms with Gasteiger partial charge >= 0.3 is 6.61 Å². The Hall–Kier alpha value is -2.30. The number of alkyl halides is 2. The van der Waals surface area contributed by atoms with Crippen LogP contribution in [0, 0.1) is 10.1 Å². The van der Waals surface area contributed by atoms with E-state index < -0.39 is 38.2 Å². The van der Waals surface area contributed by atoms with Crippen LogP contribution < -0.4 is 9.46 Å². The van der Waals surface area contributed by atoms with Gasteiger partial charge < -0.3 is 4.74 Å². The van der Waals surface area contributed by atoms with Crippen molar-refractivity contribution in [2.75, 3.05) is 0 Å². The monoisotopic (exact) mass is 406 g/mol. The molecule has 140 valence electrons. The molecule has 0 aliphatic rings. The van der Waals surface area contributed by atoms with Crippen LogP contribution in [-0.2, 0) is 10.0 Å². The zero-order chi connectivity index (χ0) is 19.5. The van der Waals surface area contributed by atoms with Gasteiger partial charge in [-0.05, 0) is 36.8 Å². The van der Waals surface area contributed by atoms with Crippen LogP contribution in [0.2, 0.25) is 5.02 Å². The van der Waals surface area contributed by atoms with Crippen LogP contribution in [0.4, 0.5) is 14.5 Å². The molecule has 1 unspecified atom stereocenters. The SMILES string of the molecule is CC(NS(=O)(=O)c1ccc(Cl)cc1[N+](=O)[O-])c1cccc(OC(F)F)c1. The molecule has 0 amide bonds. The van der Waals surface area contributed by atoms with Crippen LogP contribution in [0.5, 0.6) is 5.75 Å².